The first-order chi connectivity index (χ1) is 10.7. The van der Waals surface area contributed by atoms with Crippen molar-refractivity contribution < 1.29 is 13.8 Å². The van der Waals surface area contributed by atoms with E-state index in [1.54, 1.807) is 21.0 Å². The van der Waals surface area contributed by atoms with Crippen LogP contribution in [-0.2, 0) is 20.4 Å². The van der Waals surface area contributed by atoms with E-state index in [0.717, 1.165) is 11.1 Å². The van der Waals surface area contributed by atoms with Crippen molar-refractivity contribution in [3.8, 4) is 0 Å². The van der Waals surface area contributed by atoms with Crippen molar-refractivity contribution in [1.82, 2.24) is 4.90 Å². The third-order valence-corrected chi connectivity index (χ3v) is 5.47. The molecule has 128 valence electrons. The highest BCUT2D eigenvalue weighted by molar-refractivity contribution is 7.86. The van der Waals surface area contributed by atoms with Crippen LogP contribution in [0.25, 0.3) is 0 Å². The minimum absolute atomic E-state index is 0.00855. The van der Waals surface area contributed by atoms with Crippen molar-refractivity contribution in [3.63, 3.8) is 0 Å². The highest BCUT2D eigenvalue weighted by Gasteiger charge is 2.20. The Balaban J connectivity index is 2.50. The summed E-state index contributed by atoms with van der Waals surface area (Å²) in [5, 5.41) is 2.20. The molecule has 0 heterocycles. The largest absolute Gasteiger partial charge is 0.349 e. The van der Waals surface area contributed by atoms with Gasteiger partial charge in [0.1, 0.15) is 5.25 Å². The number of hydrogen-bond acceptors (Lipinski definition) is 3. The van der Waals surface area contributed by atoms with E-state index in [9.17, 15) is 13.8 Å². The van der Waals surface area contributed by atoms with Gasteiger partial charge in [0.05, 0.1) is 0 Å². The van der Waals surface area contributed by atoms with Gasteiger partial charge < -0.3 is 10.2 Å². The van der Waals surface area contributed by atoms with Gasteiger partial charge in [0.25, 0.3) is 0 Å². The number of anilines is 1. The molecule has 0 aromatic heterocycles. The maximum Gasteiger partial charge on any atom is 0.239 e. The summed E-state index contributed by atoms with van der Waals surface area (Å²) in [6, 6.07) is 5.68. The molecule has 2 amide bonds. The van der Waals surface area contributed by atoms with E-state index in [2.05, 4.69) is 5.32 Å². The van der Waals surface area contributed by atoms with Crippen molar-refractivity contribution >= 4 is 28.3 Å². The zero-order chi connectivity index (χ0) is 17.6. The Labute approximate surface area is 140 Å². The highest BCUT2D eigenvalue weighted by Crippen LogP contribution is 2.15. The lowest BCUT2D eigenvalue weighted by Gasteiger charge is -2.14. The first kappa shape index (κ1) is 19.4. The van der Waals surface area contributed by atoms with Crippen LogP contribution in [0.4, 0.5) is 5.69 Å². The van der Waals surface area contributed by atoms with Gasteiger partial charge in [0.2, 0.25) is 11.8 Å². The predicted octanol–water partition coefficient (Wildman–Crippen LogP) is 2.25. The summed E-state index contributed by atoms with van der Waals surface area (Å²) in [6.45, 7) is 5.64. The smallest absolute Gasteiger partial charge is 0.239 e. The van der Waals surface area contributed by atoms with Gasteiger partial charge in [0.15, 0.2) is 0 Å². The fourth-order valence-electron chi connectivity index (χ4n) is 1.95. The lowest BCUT2D eigenvalue weighted by molar-refractivity contribution is -0.128. The van der Waals surface area contributed by atoms with Crippen LogP contribution in [-0.4, -0.2) is 46.0 Å². The number of benzene rings is 1. The molecule has 0 spiro atoms. The van der Waals surface area contributed by atoms with Gasteiger partial charge in [-0.25, -0.2) is 0 Å². The second kappa shape index (κ2) is 8.82. The second-order valence-corrected chi connectivity index (χ2v) is 7.78. The van der Waals surface area contributed by atoms with Gasteiger partial charge in [-0.05, 0) is 50.5 Å². The van der Waals surface area contributed by atoms with Crippen LogP contribution in [0.5, 0.6) is 0 Å². The third kappa shape index (κ3) is 6.14. The minimum Gasteiger partial charge on any atom is -0.349 e. The topological polar surface area (TPSA) is 66.5 Å². The summed E-state index contributed by atoms with van der Waals surface area (Å²) in [7, 11) is 2.10. The van der Waals surface area contributed by atoms with Gasteiger partial charge in [0, 0.05) is 42.8 Å². The summed E-state index contributed by atoms with van der Waals surface area (Å²) < 4.78 is 12.2. The van der Waals surface area contributed by atoms with Crippen molar-refractivity contribution in [2.45, 2.75) is 38.9 Å². The number of hydrogen-bond donors (Lipinski definition) is 1. The molecule has 0 saturated carbocycles. The lowest BCUT2D eigenvalue weighted by atomic mass is 10.1. The van der Waals surface area contributed by atoms with Crippen LogP contribution in [0.15, 0.2) is 18.2 Å². The monoisotopic (exact) mass is 338 g/mol. The standard InChI is InChI=1S/C17H26N2O3S/c1-12-8-9-15(11-13(12)2)18-17(21)14(3)23(22)10-6-7-16(20)19(4)5/h8-9,11,14H,6-7,10H2,1-5H3,(H,18,21). The molecule has 0 fully saturated rings. The highest BCUT2D eigenvalue weighted by atomic mass is 32.2. The molecule has 1 N–H and O–H groups in total. The molecule has 5 nitrogen and oxygen atoms in total. The Bertz CT molecular complexity index is 600. The molecular formula is C17H26N2O3S. The molecule has 1 aromatic carbocycles. The number of amides is 2. The zero-order valence-corrected chi connectivity index (χ0v) is 15.3. The van der Waals surface area contributed by atoms with Gasteiger partial charge in [-0.2, -0.15) is 0 Å². The predicted molar refractivity (Wildman–Crippen MR) is 94.9 cm³/mol. The van der Waals surface area contributed by atoms with Crippen molar-refractivity contribution in [3.05, 3.63) is 29.3 Å². The third-order valence-electron chi connectivity index (χ3n) is 3.77. The number of aryl methyl sites for hydroxylation is 2. The Morgan fingerprint density at radius 3 is 2.43 bits per heavy atom. The molecule has 2 unspecified atom stereocenters. The van der Waals surface area contributed by atoms with E-state index in [1.807, 2.05) is 32.0 Å². The Morgan fingerprint density at radius 1 is 1.22 bits per heavy atom. The Morgan fingerprint density at radius 2 is 1.87 bits per heavy atom. The number of nitrogens with zero attached hydrogens (tertiary/aromatic N) is 1. The fourth-order valence-corrected chi connectivity index (χ4v) is 3.03. The molecule has 2 atom stereocenters. The number of carbonyl (C=O) groups is 2. The maximum atomic E-state index is 12.2. The average molecular weight is 338 g/mol. The second-order valence-electron chi connectivity index (χ2n) is 5.91. The molecular weight excluding hydrogens is 312 g/mol. The molecule has 0 radical (unpaired) electrons. The molecule has 0 aliphatic carbocycles. The summed E-state index contributed by atoms with van der Waals surface area (Å²) in [4.78, 5) is 25.2. The molecule has 0 saturated heterocycles. The SMILES string of the molecule is Cc1ccc(NC(=O)C(C)S(=O)CCCC(=O)N(C)C)cc1C. The number of nitrogens with one attached hydrogen (secondary N) is 1. The number of carbonyl (C=O) groups excluding carboxylic acids is 2. The molecule has 1 rings (SSSR count). The van der Waals surface area contributed by atoms with E-state index in [0.29, 0.717) is 24.3 Å². The molecule has 6 heteroatoms. The first-order valence-electron chi connectivity index (χ1n) is 7.67. The quantitative estimate of drug-likeness (QED) is 0.829. The Hall–Kier alpha value is -1.69. The molecule has 0 bridgehead atoms. The molecule has 23 heavy (non-hydrogen) atoms. The van der Waals surface area contributed by atoms with Gasteiger partial charge in [-0.15, -0.1) is 0 Å². The molecule has 0 aliphatic heterocycles. The average Bonchev–Trinajstić information content (AvgIpc) is 2.49. The van der Waals surface area contributed by atoms with Crippen LogP contribution < -0.4 is 5.32 Å². The van der Waals surface area contributed by atoms with Crippen LogP contribution in [0.1, 0.15) is 30.9 Å². The van der Waals surface area contributed by atoms with Crippen LogP contribution in [0.2, 0.25) is 0 Å². The van der Waals surface area contributed by atoms with E-state index in [1.165, 1.54) is 4.90 Å². The lowest BCUT2D eigenvalue weighted by Crippen LogP contribution is -2.30. The van der Waals surface area contributed by atoms with Gasteiger partial charge in [-0.3, -0.25) is 13.8 Å². The molecule has 1 aromatic rings. The first-order valence-corrected chi connectivity index (χ1v) is 9.06. The maximum absolute atomic E-state index is 12.2. The van der Waals surface area contributed by atoms with Crippen LogP contribution in [0.3, 0.4) is 0 Å². The van der Waals surface area contributed by atoms with Crippen molar-refractivity contribution in [2.24, 2.45) is 0 Å². The zero-order valence-electron chi connectivity index (χ0n) is 14.5. The summed E-state index contributed by atoms with van der Waals surface area (Å²) in [5.41, 5.74) is 2.97. The summed E-state index contributed by atoms with van der Waals surface area (Å²) in [6.07, 6.45) is 0.870. The normalized spacial score (nSPS) is 13.3. The van der Waals surface area contributed by atoms with Crippen LogP contribution in [0, 0.1) is 13.8 Å². The fraction of sp³-hybridized carbons (Fsp3) is 0.529. The van der Waals surface area contributed by atoms with E-state index < -0.39 is 16.0 Å². The number of rotatable bonds is 7. The van der Waals surface area contributed by atoms with E-state index in [4.69, 9.17) is 0 Å². The van der Waals surface area contributed by atoms with Gasteiger partial charge in [-0.1, -0.05) is 6.07 Å². The van der Waals surface area contributed by atoms with Crippen LogP contribution >= 0.6 is 0 Å². The van der Waals surface area contributed by atoms with E-state index in [-0.39, 0.29) is 11.8 Å². The van der Waals surface area contributed by atoms with E-state index >= 15 is 0 Å². The summed E-state index contributed by atoms with van der Waals surface area (Å²) in [5.74, 6) is 0.0981. The molecule has 0 aliphatic rings. The minimum atomic E-state index is -1.29. The van der Waals surface area contributed by atoms with Crippen molar-refractivity contribution in [2.75, 3.05) is 25.2 Å². The van der Waals surface area contributed by atoms with Gasteiger partial charge >= 0.3 is 0 Å². The van der Waals surface area contributed by atoms with Crippen molar-refractivity contribution in [1.29, 1.82) is 0 Å². The Kier molecular flexibility index (Phi) is 7.42. The summed E-state index contributed by atoms with van der Waals surface area (Å²) >= 11 is 0.